The number of amides is 1. The fraction of sp³-hybridized carbons (Fsp3) is 0.500. The molecule has 1 aromatic heterocycles. The molecule has 1 heterocycles. The monoisotopic (exact) mass is 287 g/mol. The van der Waals surface area contributed by atoms with Crippen LogP contribution >= 0.6 is 23.4 Å². The highest BCUT2D eigenvalue weighted by Gasteiger charge is 2.22. The Balaban J connectivity index is 2.95. The lowest BCUT2D eigenvalue weighted by molar-refractivity contribution is 0.0743. The van der Waals surface area contributed by atoms with Crippen LogP contribution in [0.25, 0.3) is 0 Å². The molecule has 1 amide bonds. The van der Waals surface area contributed by atoms with Crippen molar-refractivity contribution in [2.75, 3.05) is 24.8 Å². The van der Waals surface area contributed by atoms with E-state index in [0.717, 1.165) is 12.2 Å². The van der Waals surface area contributed by atoms with Gasteiger partial charge in [0.25, 0.3) is 5.91 Å². The summed E-state index contributed by atoms with van der Waals surface area (Å²) in [6, 6.07) is 1.75. The van der Waals surface area contributed by atoms with Crippen LogP contribution in [0, 0.1) is 0 Å². The average molecular weight is 288 g/mol. The van der Waals surface area contributed by atoms with Crippen LogP contribution in [0.5, 0.6) is 0 Å². The molecule has 6 heteroatoms. The van der Waals surface area contributed by atoms with Crippen LogP contribution in [0.2, 0.25) is 5.15 Å². The highest BCUT2D eigenvalue weighted by atomic mass is 35.5. The largest absolute Gasteiger partial charge is 0.397 e. The minimum Gasteiger partial charge on any atom is -0.397 e. The standard InChI is InChI=1S/C12H18ClN3OS/c1-4-9(7-18-3)16(2)12(17)10-5-8(14)6-15-11(10)13/h5-6,9H,4,7,14H2,1-3H3. The molecular weight excluding hydrogens is 270 g/mol. The summed E-state index contributed by atoms with van der Waals surface area (Å²) in [7, 11) is 1.78. The third-order valence-electron chi connectivity index (χ3n) is 2.79. The Labute approximate surface area is 117 Å². The van der Waals surface area contributed by atoms with Gasteiger partial charge in [-0.1, -0.05) is 18.5 Å². The molecule has 0 bridgehead atoms. The van der Waals surface area contributed by atoms with E-state index in [1.54, 1.807) is 29.8 Å². The summed E-state index contributed by atoms with van der Waals surface area (Å²) in [5.74, 6) is 0.757. The highest BCUT2D eigenvalue weighted by Crippen LogP contribution is 2.19. The normalized spacial score (nSPS) is 12.2. The molecule has 0 aromatic carbocycles. The van der Waals surface area contributed by atoms with Gasteiger partial charge in [0.2, 0.25) is 0 Å². The third-order valence-corrected chi connectivity index (χ3v) is 3.81. The van der Waals surface area contributed by atoms with Crippen LogP contribution in [0.3, 0.4) is 0 Å². The van der Waals surface area contributed by atoms with E-state index in [0.29, 0.717) is 11.3 Å². The number of aromatic nitrogens is 1. The first-order valence-corrected chi connectivity index (χ1v) is 7.45. The zero-order valence-corrected chi connectivity index (χ0v) is 12.4. The predicted molar refractivity (Wildman–Crippen MR) is 78.2 cm³/mol. The molecule has 1 atom stereocenters. The second-order valence-corrected chi connectivity index (χ2v) is 5.31. The molecule has 100 valence electrons. The second-order valence-electron chi connectivity index (χ2n) is 4.04. The third kappa shape index (κ3) is 3.53. The SMILES string of the molecule is CCC(CSC)N(C)C(=O)c1cc(N)cnc1Cl. The Bertz CT molecular complexity index is 428. The summed E-state index contributed by atoms with van der Waals surface area (Å²) >= 11 is 7.66. The van der Waals surface area contributed by atoms with Crippen LogP contribution in [0.4, 0.5) is 5.69 Å². The van der Waals surface area contributed by atoms with Crippen molar-refractivity contribution in [3.63, 3.8) is 0 Å². The number of hydrogen-bond donors (Lipinski definition) is 1. The molecule has 0 saturated heterocycles. The van der Waals surface area contributed by atoms with Gasteiger partial charge in [-0.25, -0.2) is 4.98 Å². The number of anilines is 1. The minimum absolute atomic E-state index is 0.138. The van der Waals surface area contributed by atoms with Crippen molar-refractivity contribution in [3.05, 3.63) is 23.0 Å². The quantitative estimate of drug-likeness (QED) is 0.846. The molecule has 1 rings (SSSR count). The number of nitrogens with zero attached hydrogens (tertiary/aromatic N) is 2. The van der Waals surface area contributed by atoms with Crippen molar-refractivity contribution in [3.8, 4) is 0 Å². The van der Waals surface area contributed by atoms with Gasteiger partial charge in [-0.15, -0.1) is 0 Å². The van der Waals surface area contributed by atoms with E-state index in [1.807, 2.05) is 6.26 Å². The minimum atomic E-state index is -0.138. The van der Waals surface area contributed by atoms with Gasteiger partial charge >= 0.3 is 0 Å². The molecule has 2 N–H and O–H groups in total. The Kier molecular flexibility index (Phi) is 5.75. The summed E-state index contributed by atoms with van der Waals surface area (Å²) in [5, 5.41) is 0.194. The number of hydrogen-bond acceptors (Lipinski definition) is 4. The van der Waals surface area contributed by atoms with Gasteiger partial charge in [-0.2, -0.15) is 11.8 Å². The van der Waals surface area contributed by atoms with Crippen molar-refractivity contribution in [1.29, 1.82) is 0 Å². The molecule has 0 radical (unpaired) electrons. The summed E-state index contributed by atoms with van der Waals surface area (Å²) in [4.78, 5) is 17.9. The fourth-order valence-electron chi connectivity index (χ4n) is 1.67. The van der Waals surface area contributed by atoms with Gasteiger partial charge in [-0.05, 0) is 18.7 Å². The van der Waals surface area contributed by atoms with E-state index in [-0.39, 0.29) is 17.1 Å². The molecule has 0 spiro atoms. The van der Waals surface area contributed by atoms with Gasteiger partial charge in [0.15, 0.2) is 0 Å². The average Bonchev–Trinajstić information content (AvgIpc) is 2.37. The van der Waals surface area contributed by atoms with Gasteiger partial charge in [0, 0.05) is 18.8 Å². The molecule has 0 aliphatic carbocycles. The predicted octanol–water partition coefficient (Wildman–Crippen LogP) is 2.53. The molecule has 1 unspecified atom stereocenters. The summed E-state index contributed by atoms with van der Waals surface area (Å²) in [6.45, 7) is 2.06. The Morgan fingerprint density at radius 3 is 2.89 bits per heavy atom. The van der Waals surface area contributed by atoms with Gasteiger partial charge in [0.1, 0.15) is 5.15 Å². The smallest absolute Gasteiger partial charge is 0.257 e. The van der Waals surface area contributed by atoms with Crippen LogP contribution in [0.1, 0.15) is 23.7 Å². The summed E-state index contributed by atoms with van der Waals surface area (Å²) < 4.78 is 0. The van der Waals surface area contributed by atoms with Crippen molar-refractivity contribution in [1.82, 2.24) is 9.88 Å². The molecule has 0 fully saturated rings. The number of nitrogens with two attached hydrogens (primary N) is 1. The Morgan fingerprint density at radius 1 is 1.67 bits per heavy atom. The number of pyridine rings is 1. The lowest BCUT2D eigenvalue weighted by atomic mass is 10.2. The summed E-state index contributed by atoms with van der Waals surface area (Å²) in [5.41, 5.74) is 6.44. The lowest BCUT2D eigenvalue weighted by Gasteiger charge is -2.27. The van der Waals surface area contributed by atoms with E-state index in [1.165, 1.54) is 6.20 Å². The van der Waals surface area contributed by atoms with Crippen molar-refractivity contribution >= 4 is 35.0 Å². The summed E-state index contributed by atoms with van der Waals surface area (Å²) in [6.07, 6.45) is 4.37. The van der Waals surface area contributed by atoms with E-state index in [4.69, 9.17) is 17.3 Å². The van der Waals surface area contributed by atoms with Crippen LogP contribution in [0.15, 0.2) is 12.3 Å². The molecular formula is C12H18ClN3OS. The van der Waals surface area contributed by atoms with Crippen LogP contribution in [-0.4, -0.2) is 40.9 Å². The molecule has 0 saturated carbocycles. The number of nitrogen functional groups attached to an aromatic ring is 1. The van der Waals surface area contributed by atoms with Crippen LogP contribution in [-0.2, 0) is 0 Å². The van der Waals surface area contributed by atoms with E-state index in [9.17, 15) is 4.79 Å². The lowest BCUT2D eigenvalue weighted by Crippen LogP contribution is -2.38. The van der Waals surface area contributed by atoms with Gasteiger partial charge in [0.05, 0.1) is 17.4 Å². The zero-order chi connectivity index (χ0) is 13.7. The maximum absolute atomic E-state index is 12.3. The first kappa shape index (κ1) is 15.1. The highest BCUT2D eigenvalue weighted by molar-refractivity contribution is 7.98. The molecule has 4 nitrogen and oxygen atoms in total. The molecule has 18 heavy (non-hydrogen) atoms. The fourth-order valence-corrected chi connectivity index (χ4v) is 2.69. The van der Waals surface area contributed by atoms with E-state index >= 15 is 0 Å². The maximum atomic E-state index is 12.3. The number of carbonyl (C=O) groups excluding carboxylic acids is 1. The van der Waals surface area contributed by atoms with E-state index in [2.05, 4.69) is 11.9 Å². The number of halogens is 1. The first-order valence-electron chi connectivity index (χ1n) is 5.68. The topological polar surface area (TPSA) is 59.2 Å². The molecule has 0 aliphatic rings. The first-order chi connectivity index (χ1) is 8.51. The number of carbonyl (C=O) groups is 1. The number of rotatable bonds is 5. The molecule has 0 aliphatic heterocycles. The Hall–Kier alpha value is -0.940. The Morgan fingerprint density at radius 2 is 2.33 bits per heavy atom. The second kappa shape index (κ2) is 6.85. The molecule has 1 aromatic rings. The number of thioether (sulfide) groups is 1. The van der Waals surface area contributed by atoms with Crippen LogP contribution < -0.4 is 5.73 Å². The van der Waals surface area contributed by atoms with Crippen molar-refractivity contribution in [2.24, 2.45) is 0 Å². The van der Waals surface area contributed by atoms with Gasteiger partial charge in [-0.3, -0.25) is 4.79 Å². The van der Waals surface area contributed by atoms with Crippen molar-refractivity contribution < 1.29 is 4.79 Å². The van der Waals surface area contributed by atoms with Crippen molar-refractivity contribution in [2.45, 2.75) is 19.4 Å². The van der Waals surface area contributed by atoms with Gasteiger partial charge < -0.3 is 10.6 Å². The zero-order valence-electron chi connectivity index (χ0n) is 10.8. The van der Waals surface area contributed by atoms with E-state index < -0.39 is 0 Å². The maximum Gasteiger partial charge on any atom is 0.257 e.